The van der Waals surface area contributed by atoms with Gasteiger partial charge in [0.15, 0.2) is 5.69 Å². The van der Waals surface area contributed by atoms with Crippen molar-refractivity contribution in [2.75, 3.05) is 7.11 Å². The van der Waals surface area contributed by atoms with Crippen molar-refractivity contribution in [2.45, 2.75) is 39.1 Å². The Bertz CT molecular complexity index is 905. The Labute approximate surface area is 166 Å². The predicted molar refractivity (Wildman–Crippen MR) is 99.1 cm³/mol. The largest absolute Gasteiger partial charge is 0.465 e. The number of ether oxygens (including phenoxy) is 2. The molecule has 6 nitrogen and oxygen atoms in total. The monoisotopic (exact) mass is 410 g/mol. The fourth-order valence-corrected chi connectivity index (χ4v) is 2.54. The third-order valence-electron chi connectivity index (χ3n) is 3.64. The number of amides is 1. The average molecular weight is 410 g/mol. The van der Waals surface area contributed by atoms with Crippen molar-refractivity contribution in [1.29, 1.82) is 0 Å². The molecule has 2 aromatic rings. The van der Waals surface area contributed by atoms with E-state index in [4.69, 9.17) is 4.74 Å². The summed E-state index contributed by atoms with van der Waals surface area (Å²) in [5.74, 6) is -0.720. The molecule has 0 atom stereocenters. The maximum Gasteiger partial charge on any atom is 0.433 e. The lowest BCUT2D eigenvalue weighted by Crippen LogP contribution is -2.32. The first-order valence-electron chi connectivity index (χ1n) is 8.62. The molecule has 0 aliphatic heterocycles. The van der Waals surface area contributed by atoms with Crippen LogP contribution in [0.2, 0.25) is 0 Å². The van der Waals surface area contributed by atoms with E-state index in [0.29, 0.717) is 5.56 Å². The van der Waals surface area contributed by atoms with Crippen LogP contribution in [0.1, 0.15) is 42.4 Å². The normalized spacial score (nSPS) is 11.7. The molecule has 0 radical (unpaired) electrons. The van der Waals surface area contributed by atoms with Gasteiger partial charge in [0.25, 0.3) is 0 Å². The van der Waals surface area contributed by atoms with Gasteiger partial charge in [0, 0.05) is 18.3 Å². The molecule has 0 saturated carbocycles. The molecule has 0 fully saturated rings. The lowest BCUT2D eigenvalue weighted by atomic mass is 9.98. The highest BCUT2D eigenvalue weighted by Gasteiger charge is 2.35. The van der Waals surface area contributed by atoms with Gasteiger partial charge in [0.1, 0.15) is 5.60 Å². The molecule has 1 N–H and O–H groups in total. The van der Waals surface area contributed by atoms with E-state index in [1.165, 1.54) is 37.4 Å². The summed E-state index contributed by atoms with van der Waals surface area (Å²) in [6.07, 6.45) is -4.33. The minimum absolute atomic E-state index is 0.0444. The van der Waals surface area contributed by atoms with Gasteiger partial charge in [-0.05, 0) is 56.2 Å². The number of carbonyl (C=O) groups excluding carboxylic acids is 2. The molecule has 0 bridgehead atoms. The zero-order chi connectivity index (χ0) is 21.8. The van der Waals surface area contributed by atoms with E-state index in [1.54, 1.807) is 20.8 Å². The summed E-state index contributed by atoms with van der Waals surface area (Å²) in [5.41, 5.74) is -1.42. The molecule has 0 unspecified atom stereocenters. The number of rotatable bonds is 4. The van der Waals surface area contributed by atoms with Crippen LogP contribution in [0, 0.1) is 0 Å². The van der Waals surface area contributed by atoms with Gasteiger partial charge in [0.05, 0.1) is 12.7 Å². The van der Waals surface area contributed by atoms with Crippen LogP contribution in [-0.4, -0.2) is 29.8 Å². The van der Waals surface area contributed by atoms with E-state index >= 15 is 0 Å². The van der Waals surface area contributed by atoms with E-state index in [2.05, 4.69) is 15.0 Å². The van der Waals surface area contributed by atoms with Crippen molar-refractivity contribution in [3.63, 3.8) is 0 Å². The van der Waals surface area contributed by atoms with Gasteiger partial charge >= 0.3 is 18.2 Å². The van der Waals surface area contributed by atoms with Crippen LogP contribution in [0.5, 0.6) is 0 Å². The lowest BCUT2D eigenvalue weighted by molar-refractivity contribution is -0.140. The van der Waals surface area contributed by atoms with Crippen LogP contribution in [-0.2, 0) is 22.2 Å². The van der Waals surface area contributed by atoms with Gasteiger partial charge in [-0.3, -0.25) is 4.98 Å². The third-order valence-corrected chi connectivity index (χ3v) is 3.64. The minimum Gasteiger partial charge on any atom is -0.465 e. The highest BCUT2D eigenvalue weighted by Crippen LogP contribution is 2.36. The molecule has 1 amide bonds. The van der Waals surface area contributed by atoms with E-state index in [-0.39, 0.29) is 23.2 Å². The number of alkyl carbamates (subject to hydrolysis) is 1. The van der Waals surface area contributed by atoms with Crippen LogP contribution >= 0.6 is 0 Å². The molecule has 0 aliphatic rings. The van der Waals surface area contributed by atoms with Crippen molar-refractivity contribution in [3.8, 4) is 11.1 Å². The molecular formula is C20H21F3N2O4. The molecule has 2 rings (SSSR count). The topological polar surface area (TPSA) is 77.5 Å². The Morgan fingerprint density at radius 3 is 2.41 bits per heavy atom. The van der Waals surface area contributed by atoms with Crippen LogP contribution in [0.4, 0.5) is 18.0 Å². The molecule has 0 aliphatic carbocycles. The summed E-state index contributed by atoms with van der Waals surface area (Å²) >= 11 is 0. The summed E-state index contributed by atoms with van der Waals surface area (Å²) in [4.78, 5) is 27.3. The van der Waals surface area contributed by atoms with Crippen LogP contribution < -0.4 is 5.32 Å². The number of aromatic nitrogens is 1. The summed E-state index contributed by atoms with van der Waals surface area (Å²) in [6.45, 7) is 5.03. The van der Waals surface area contributed by atoms with Gasteiger partial charge in [0.2, 0.25) is 0 Å². The Kier molecular flexibility index (Phi) is 6.51. The summed E-state index contributed by atoms with van der Waals surface area (Å²) in [6, 6.07) is 6.78. The molecule has 1 aromatic carbocycles. The number of benzene rings is 1. The van der Waals surface area contributed by atoms with E-state index < -0.39 is 29.5 Å². The maximum atomic E-state index is 13.3. The van der Waals surface area contributed by atoms with Crippen molar-refractivity contribution >= 4 is 12.1 Å². The average Bonchev–Trinajstić information content (AvgIpc) is 2.63. The predicted octanol–water partition coefficient (Wildman–Crippen LogP) is 4.58. The Morgan fingerprint density at radius 1 is 1.14 bits per heavy atom. The maximum absolute atomic E-state index is 13.3. The van der Waals surface area contributed by atoms with Crippen LogP contribution in [0.3, 0.4) is 0 Å². The van der Waals surface area contributed by atoms with E-state index in [9.17, 15) is 22.8 Å². The molecule has 1 heterocycles. The second kappa shape index (κ2) is 8.50. The molecule has 1 aromatic heterocycles. The second-order valence-electron chi connectivity index (χ2n) is 7.16. The van der Waals surface area contributed by atoms with Gasteiger partial charge in [-0.15, -0.1) is 0 Å². The van der Waals surface area contributed by atoms with Crippen molar-refractivity contribution < 1.29 is 32.2 Å². The van der Waals surface area contributed by atoms with Crippen molar-refractivity contribution in [1.82, 2.24) is 10.3 Å². The molecule has 0 spiro atoms. The second-order valence-corrected chi connectivity index (χ2v) is 7.16. The number of halogens is 3. The first kappa shape index (κ1) is 22.2. The number of carbonyl (C=O) groups is 2. The number of hydrogen-bond acceptors (Lipinski definition) is 5. The zero-order valence-corrected chi connectivity index (χ0v) is 16.4. The number of methoxy groups -OCH3 is 1. The quantitative estimate of drug-likeness (QED) is 0.747. The Morgan fingerprint density at radius 2 is 1.83 bits per heavy atom. The smallest absolute Gasteiger partial charge is 0.433 e. The minimum atomic E-state index is -4.67. The standard InChI is InChI=1S/C20H21F3N2O4/c1-19(2,3)29-18(27)25-11-12-8-13(10-14(9-12)17(26)28-4)15-6-5-7-24-16(15)20(21,22)23/h5-10H,11H2,1-4H3,(H,25,27). The molecule has 156 valence electrons. The summed E-state index contributed by atoms with van der Waals surface area (Å²) in [5, 5.41) is 2.51. The molecule has 29 heavy (non-hydrogen) atoms. The highest BCUT2D eigenvalue weighted by atomic mass is 19.4. The number of nitrogens with zero attached hydrogens (tertiary/aromatic N) is 1. The lowest BCUT2D eigenvalue weighted by Gasteiger charge is -2.20. The SMILES string of the molecule is COC(=O)c1cc(CNC(=O)OC(C)(C)C)cc(-c2cccnc2C(F)(F)F)c1. The highest BCUT2D eigenvalue weighted by molar-refractivity contribution is 5.91. The van der Waals surface area contributed by atoms with Crippen LogP contribution in [0.15, 0.2) is 36.5 Å². The molecule has 0 saturated heterocycles. The number of esters is 1. The van der Waals surface area contributed by atoms with Gasteiger partial charge < -0.3 is 14.8 Å². The number of alkyl halides is 3. The van der Waals surface area contributed by atoms with Gasteiger partial charge in [-0.1, -0.05) is 6.07 Å². The summed E-state index contributed by atoms with van der Waals surface area (Å²) < 4.78 is 49.8. The Balaban J connectivity index is 2.43. The first-order chi connectivity index (χ1) is 13.4. The van der Waals surface area contributed by atoms with Gasteiger partial charge in [-0.2, -0.15) is 13.2 Å². The fraction of sp³-hybridized carbons (Fsp3) is 0.350. The number of pyridine rings is 1. The first-order valence-corrected chi connectivity index (χ1v) is 8.62. The third kappa shape index (κ3) is 6.20. The number of hydrogen-bond donors (Lipinski definition) is 1. The zero-order valence-electron chi connectivity index (χ0n) is 16.4. The number of nitrogens with one attached hydrogen (secondary N) is 1. The van der Waals surface area contributed by atoms with Crippen molar-refractivity contribution in [2.24, 2.45) is 0 Å². The Hall–Kier alpha value is -3.10. The molecule has 9 heteroatoms. The van der Waals surface area contributed by atoms with Crippen molar-refractivity contribution in [3.05, 3.63) is 53.3 Å². The van der Waals surface area contributed by atoms with E-state index in [1.807, 2.05) is 0 Å². The van der Waals surface area contributed by atoms with E-state index in [0.717, 1.165) is 6.20 Å². The van der Waals surface area contributed by atoms with Crippen LogP contribution in [0.25, 0.3) is 11.1 Å². The molecular weight excluding hydrogens is 389 g/mol. The van der Waals surface area contributed by atoms with Gasteiger partial charge in [-0.25, -0.2) is 9.59 Å². The summed E-state index contributed by atoms with van der Waals surface area (Å²) in [7, 11) is 1.17. The fourth-order valence-electron chi connectivity index (χ4n) is 2.54.